The number of rotatable bonds is 3. The van der Waals surface area contributed by atoms with Crippen LogP contribution in [0.15, 0.2) is 18.2 Å². The Kier molecular flexibility index (Phi) is 4.27. The first-order valence-electron chi connectivity index (χ1n) is 7.85. The molecule has 0 spiro atoms. The Bertz CT molecular complexity index is 530. The lowest BCUT2D eigenvalue weighted by Crippen LogP contribution is -2.40. The Morgan fingerprint density at radius 2 is 2.24 bits per heavy atom. The van der Waals surface area contributed by atoms with E-state index < -0.39 is 0 Å². The van der Waals surface area contributed by atoms with Gasteiger partial charge in [-0.3, -0.25) is 9.69 Å². The van der Waals surface area contributed by atoms with E-state index in [4.69, 9.17) is 4.74 Å². The summed E-state index contributed by atoms with van der Waals surface area (Å²) < 4.78 is 5.50. The van der Waals surface area contributed by atoms with E-state index in [0.717, 1.165) is 50.4 Å². The highest BCUT2D eigenvalue weighted by atomic mass is 16.5. The van der Waals surface area contributed by atoms with Gasteiger partial charge in [-0.05, 0) is 50.7 Å². The molecule has 2 aliphatic rings. The molecule has 3 rings (SSSR count). The summed E-state index contributed by atoms with van der Waals surface area (Å²) in [6, 6.07) is 6.29. The molecule has 0 amide bonds. The Hall–Kier alpha value is -1.39. The molecule has 4 nitrogen and oxygen atoms in total. The summed E-state index contributed by atoms with van der Waals surface area (Å²) in [5.74, 6) is 1.16. The number of carbonyl (C=O) groups excluding carboxylic acids is 1. The van der Waals surface area contributed by atoms with Crippen LogP contribution < -0.4 is 4.74 Å². The van der Waals surface area contributed by atoms with Crippen molar-refractivity contribution < 1.29 is 9.53 Å². The van der Waals surface area contributed by atoms with E-state index in [1.54, 1.807) is 0 Å². The van der Waals surface area contributed by atoms with Gasteiger partial charge in [-0.25, -0.2) is 0 Å². The van der Waals surface area contributed by atoms with Gasteiger partial charge in [0.25, 0.3) is 0 Å². The molecular weight excluding hydrogens is 264 g/mol. The standard InChI is InChI=1S/C17H24N2O2/c1-13-11-18(2)7-3-8-19(13)12-16(20)14-4-5-17-15(10-14)6-9-21-17/h4-5,10,13H,3,6-9,11-12H2,1-2H3. The maximum atomic E-state index is 12.6. The summed E-state index contributed by atoms with van der Waals surface area (Å²) >= 11 is 0. The molecule has 0 saturated carbocycles. The van der Waals surface area contributed by atoms with Gasteiger partial charge in [0.1, 0.15) is 5.75 Å². The van der Waals surface area contributed by atoms with E-state index in [1.165, 1.54) is 5.56 Å². The predicted molar refractivity (Wildman–Crippen MR) is 83.1 cm³/mol. The highest BCUT2D eigenvalue weighted by Gasteiger charge is 2.23. The SMILES string of the molecule is CC1CN(C)CCCN1CC(=O)c1ccc2c(c1)CCO2. The quantitative estimate of drug-likeness (QED) is 0.795. The lowest BCUT2D eigenvalue weighted by atomic mass is 10.0. The van der Waals surface area contributed by atoms with Crippen LogP contribution in [0, 0.1) is 0 Å². The van der Waals surface area contributed by atoms with Gasteiger partial charge in [-0.1, -0.05) is 0 Å². The van der Waals surface area contributed by atoms with E-state index >= 15 is 0 Å². The number of Topliss-reactive ketones (excluding diaryl/α,β-unsaturated/α-hetero) is 1. The molecule has 0 N–H and O–H groups in total. The monoisotopic (exact) mass is 288 g/mol. The van der Waals surface area contributed by atoms with Crippen molar-refractivity contribution in [3.63, 3.8) is 0 Å². The van der Waals surface area contributed by atoms with Gasteiger partial charge < -0.3 is 9.64 Å². The van der Waals surface area contributed by atoms with Crippen LogP contribution in [0.5, 0.6) is 5.75 Å². The number of hydrogen-bond acceptors (Lipinski definition) is 4. The van der Waals surface area contributed by atoms with Gasteiger partial charge in [0.05, 0.1) is 13.2 Å². The minimum atomic E-state index is 0.223. The normalized spacial score (nSPS) is 23.4. The molecule has 4 heteroatoms. The average Bonchev–Trinajstić information content (AvgIpc) is 2.86. The number of ether oxygens (including phenoxy) is 1. The van der Waals surface area contributed by atoms with Crippen molar-refractivity contribution in [2.45, 2.75) is 25.8 Å². The summed E-state index contributed by atoms with van der Waals surface area (Å²) in [5, 5.41) is 0. The molecule has 1 unspecified atom stereocenters. The first kappa shape index (κ1) is 14.5. The zero-order valence-corrected chi connectivity index (χ0v) is 13.0. The topological polar surface area (TPSA) is 32.8 Å². The third kappa shape index (κ3) is 3.27. The molecule has 0 bridgehead atoms. The van der Waals surface area contributed by atoms with Crippen molar-refractivity contribution in [1.82, 2.24) is 9.80 Å². The maximum absolute atomic E-state index is 12.6. The number of benzene rings is 1. The fourth-order valence-corrected chi connectivity index (χ4v) is 3.29. The largest absolute Gasteiger partial charge is 0.493 e. The van der Waals surface area contributed by atoms with Crippen LogP contribution in [0.1, 0.15) is 29.3 Å². The molecule has 0 aliphatic carbocycles. The van der Waals surface area contributed by atoms with Crippen molar-refractivity contribution in [2.75, 3.05) is 39.8 Å². The Labute approximate surface area is 126 Å². The fraction of sp³-hybridized carbons (Fsp3) is 0.588. The second-order valence-corrected chi connectivity index (χ2v) is 6.28. The number of nitrogens with zero attached hydrogens (tertiary/aromatic N) is 2. The minimum absolute atomic E-state index is 0.223. The van der Waals surface area contributed by atoms with Crippen molar-refractivity contribution in [2.24, 2.45) is 0 Å². The molecule has 0 aromatic heterocycles. The molecular formula is C17H24N2O2. The average molecular weight is 288 g/mol. The highest BCUT2D eigenvalue weighted by Crippen LogP contribution is 2.26. The molecule has 0 radical (unpaired) electrons. The van der Waals surface area contributed by atoms with E-state index in [9.17, 15) is 4.79 Å². The van der Waals surface area contributed by atoms with Crippen LogP contribution in [-0.4, -0.2) is 61.5 Å². The molecule has 114 valence electrons. The number of likely N-dealkylation sites (N-methyl/N-ethyl adjacent to an activating group) is 1. The fourth-order valence-electron chi connectivity index (χ4n) is 3.29. The smallest absolute Gasteiger partial charge is 0.176 e. The van der Waals surface area contributed by atoms with Crippen LogP contribution in [0.4, 0.5) is 0 Å². The Morgan fingerprint density at radius 1 is 1.38 bits per heavy atom. The summed E-state index contributed by atoms with van der Waals surface area (Å²) in [4.78, 5) is 17.2. The molecule has 1 atom stereocenters. The van der Waals surface area contributed by atoms with Gasteiger partial charge >= 0.3 is 0 Å². The summed E-state index contributed by atoms with van der Waals surface area (Å²) in [7, 11) is 2.16. The second kappa shape index (κ2) is 6.16. The van der Waals surface area contributed by atoms with Crippen LogP contribution in [0.25, 0.3) is 0 Å². The molecule has 1 aromatic carbocycles. The van der Waals surface area contributed by atoms with Gasteiger partial charge in [-0.15, -0.1) is 0 Å². The summed E-state index contributed by atoms with van der Waals surface area (Å²) in [5.41, 5.74) is 1.99. The molecule has 1 fully saturated rings. The maximum Gasteiger partial charge on any atom is 0.176 e. The lowest BCUT2D eigenvalue weighted by Gasteiger charge is -2.27. The Balaban J connectivity index is 1.68. The molecule has 21 heavy (non-hydrogen) atoms. The van der Waals surface area contributed by atoms with Gasteiger partial charge in [-0.2, -0.15) is 0 Å². The van der Waals surface area contributed by atoms with E-state index in [-0.39, 0.29) is 5.78 Å². The number of carbonyl (C=O) groups is 1. The van der Waals surface area contributed by atoms with Gasteiger partial charge in [0.15, 0.2) is 5.78 Å². The number of ketones is 1. The zero-order chi connectivity index (χ0) is 14.8. The highest BCUT2D eigenvalue weighted by molar-refractivity contribution is 5.98. The van der Waals surface area contributed by atoms with Gasteiger partial charge in [0.2, 0.25) is 0 Å². The molecule has 1 saturated heterocycles. The molecule has 2 heterocycles. The third-order valence-corrected chi connectivity index (χ3v) is 4.54. The van der Waals surface area contributed by atoms with E-state index in [0.29, 0.717) is 12.6 Å². The van der Waals surface area contributed by atoms with Crippen molar-refractivity contribution in [3.05, 3.63) is 29.3 Å². The van der Waals surface area contributed by atoms with Crippen LogP contribution in [0.3, 0.4) is 0 Å². The first-order chi connectivity index (χ1) is 10.1. The van der Waals surface area contributed by atoms with Crippen molar-refractivity contribution >= 4 is 5.78 Å². The summed E-state index contributed by atoms with van der Waals surface area (Å²) in [6.45, 7) is 6.63. The summed E-state index contributed by atoms with van der Waals surface area (Å²) in [6.07, 6.45) is 2.05. The van der Waals surface area contributed by atoms with E-state index in [2.05, 4.69) is 23.8 Å². The first-order valence-corrected chi connectivity index (χ1v) is 7.85. The molecule has 1 aromatic rings. The third-order valence-electron chi connectivity index (χ3n) is 4.54. The Morgan fingerprint density at radius 3 is 3.10 bits per heavy atom. The van der Waals surface area contributed by atoms with Crippen LogP contribution in [0.2, 0.25) is 0 Å². The zero-order valence-electron chi connectivity index (χ0n) is 13.0. The van der Waals surface area contributed by atoms with Crippen LogP contribution >= 0.6 is 0 Å². The minimum Gasteiger partial charge on any atom is -0.493 e. The lowest BCUT2D eigenvalue weighted by molar-refractivity contribution is 0.0900. The second-order valence-electron chi connectivity index (χ2n) is 6.28. The van der Waals surface area contributed by atoms with Gasteiger partial charge in [0, 0.05) is 31.1 Å². The van der Waals surface area contributed by atoms with Crippen LogP contribution in [-0.2, 0) is 6.42 Å². The molecule has 2 aliphatic heterocycles. The number of hydrogen-bond donors (Lipinski definition) is 0. The van der Waals surface area contributed by atoms with E-state index in [1.807, 2.05) is 18.2 Å². The van der Waals surface area contributed by atoms with Crippen molar-refractivity contribution in [3.8, 4) is 5.75 Å². The van der Waals surface area contributed by atoms with Crippen molar-refractivity contribution in [1.29, 1.82) is 0 Å². The number of fused-ring (bicyclic) bond motifs is 1. The predicted octanol–water partition coefficient (Wildman–Crippen LogP) is 1.83.